The zero-order valence-corrected chi connectivity index (χ0v) is 22.8. The van der Waals surface area contributed by atoms with E-state index < -0.39 is 67.5 Å². The Labute approximate surface area is 237 Å². The molecule has 0 amide bonds. The van der Waals surface area contributed by atoms with E-state index in [1.165, 1.54) is 19.4 Å². The molecule has 0 radical (unpaired) electrons. The van der Waals surface area contributed by atoms with Crippen molar-refractivity contribution in [3.63, 3.8) is 0 Å². The lowest BCUT2D eigenvalue weighted by molar-refractivity contribution is -0.339. The molecule has 2 saturated heterocycles. The number of ketones is 1. The highest BCUT2D eigenvalue weighted by Gasteiger charge is 2.48. The number of esters is 1. The number of aliphatic hydroxyl groups is 4. The van der Waals surface area contributed by atoms with E-state index in [4.69, 9.17) is 23.7 Å². The van der Waals surface area contributed by atoms with Gasteiger partial charge in [-0.2, -0.15) is 0 Å². The number of hydrogen-bond acceptors (Lipinski definition) is 12. The molecule has 1 aromatic rings. The van der Waals surface area contributed by atoms with Crippen LogP contribution in [0.1, 0.15) is 31.2 Å². The maximum absolute atomic E-state index is 12.7. The third kappa shape index (κ3) is 7.33. The molecule has 226 valence electrons. The quantitative estimate of drug-likeness (QED) is 0.192. The van der Waals surface area contributed by atoms with E-state index >= 15 is 0 Å². The number of carbonyl (C=O) groups is 2. The first-order valence-corrected chi connectivity index (χ1v) is 13.6. The number of aromatic hydroxyl groups is 1. The van der Waals surface area contributed by atoms with E-state index in [9.17, 15) is 35.1 Å². The largest absolute Gasteiger partial charge is 0.508 e. The fourth-order valence-electron chi connectivity index (χ4n) is 5.57. The second kappa shape index (κ2) is 13.9. The van der Waals surface area contributed by atoms with Gasteiger partial charge in [0.15, 0.2) is 6.29 Å². The normalized spacial score (nSPS) is 35.7. The number of hydrogen-bond donors (Lipinski definition) is 5. The molecule has 5 N–H and O–H groups in total. The topological polar surface area (TPSA) is 181 Å². The van der Waals surface area contributed by atoms with Gasteiger partial charge in [-0.25, -0.2) is 4.79 Å². The molecule has 0 aliphatic carbocycles. The van der Waals surface area contributed by atoms with Gasteiger partial charge in [0.25, 0.3) is 0 Å². The number of aryl methyl sites for hydroxylation is 1. The molecule has 2 fully saturated rings. The molecule has 4 rings (SSSR count). The fourth-order valence-corrected chi connectivity index (χ4v) is 5.57. The van der Waals surface area contributed by atoms with Gasteiger partial charge in [-0.05, 0) is 37.0 Å². The van der Waals surface area contributed by atoms with Crippen molar-refractivity contribution in [2.45, 2.75) is 81.3 Å². The first kappa shape index (κ1) is 31.1. The zero-order valence-electron chi connectivity index (χ0n) is 22.8. The van der Waals surface area contributed by atoms with Gasteiger partial charge in [-0.3, -0.25) is 4.79 Å². The second-order valence-corrected chi connectivity index (χ2v) is 10.6. The van der Waals surface area contributed by atoms with Crippen LogP contribution in [0.5, 0.6) is 5.75 Å². The van der Waals surface area contributed by atoms with E-state index in [1.54, 1.807) is 12.1 Å². The van der Waals surface area contributed by atoms with Crippen molar-refractivity contribution in [1.29, 1.82) is 0 Å². The van der Waals surface area contributed by atoms with Crippen LogP contribution in [0.2, 0.25) is 0 Å². The summed E-state index contributed by atoms with van der Waals surface area (Å²) in [6, 6.07) is 6.85. The zero-order chi connectivity index (χ0) is 29.7. The summed E-state index contributed by atoms with van der Waals surface area (Å²) < 4.78 is 28.2. The first-order valence-electron chi connectivity index (χ1n) is 13.6. The Bertz CT molecular complexity index is 1090. The number of rotatable bonds is 10. The highest BCUT2D eigenvalue weighted by atomic mass is 16.8. The van der Waals surface area contributed by atoms with Gasteiger partial charge >= 0.3 is 5.97 Å². The number of methoxy groups -OCH3 is 1. The minimum absolute atomic E-state index is 0.0388. The molecule has 3 aliphatic rings. The maximum Gasteiger partial charge on any atom is 0.337 e. The van der Waals surface area contributed by atoms with Gasteiger partial charge < -0.3 is 49.2 Å². The van der Waals surface area contributed by atoms with Crippen molar-refractivity contribution in [2.75, 3.05) is 13.7 Å². The second-order valence-electron chi connectivity index (χ2n) is 10.6. The van der Waals surface area contributed by atoms with Crippen LogP contribution in [0.25, 0.3) is 0 Å². The van der Waals surface area contributed by atoms with Crippen LogP contribution >= 0.6 is 0 Å². The molecule has 10 unspecified atom stereocenters. The summed E-state index contributed by atoms with van der Waals surface area (Å²) in [5.41, 5.74) is 1.19. The maximum atomic E-state index is 12.7. The van der Waals surface area contributed by atoms with Crippen molar-refractivity contribution in [3.05, 3.63) is 54.3 Å². The molecule has 0 spiro atoms. The van der Waals surface area contributed by atoms with E-state index in [0.29, 0.717) is 12.8 Å². The molecular formula is C29H38O12. The van der Waals surface area contributed by atoms with Crippen LogP contribution in [0.3, 0.4) is 0 Å². The summed E-state index contributed by atoms with van der Waals surface area (Å²) in [4.78, 5) is 25.4. The number of phenols is 1. The van der Waals surface area contributed by atoms with Crippen LogP contribution in [0.4, 0.5) is 0 Å². The molecular weight excluding hydrogens is 540 g/mol. The summed E-state index contributed by atoms with van der Waals surface area (Å²) >= 11 is 0. The summed E-state index contributed by atoms with van der Waals surface area (Å²) in [7, 11) is 1.24. The Morgan fingerprint density at radius 1 is 1.05 bits per heavy atom. The highest BCUT2D eigenvalue weighted by Crippen LogP contribution is 2.39. The Balaban J connectivity index is 1.48. The van der Waals surface area contributed by atoms with Gasteiger partial charge in [0.05, 0.1) is 37.8 Å². The average Bonchev–Trinajstić information content (AvgIpc) is 2.96. The van der Waals surface area contributed by atoms with Gasteiger partial charge in [0, 0.05) is 24.7 Å². The van der Waals surface area contributed by atoms with Crippen LogP contribution < -0.4 is 0 Å². The average molecular weight is 579 g/mol. The van der Waals surface area contributed by atoms with Crippen LogP contribution in [0.15, 0.2) is 48.8 Å². The summed E-state index contributed by atoms with van der Waals surface area (Å²) in [6.45, 7) is 3.24. The van der Waals surface area contributed by atoms with Crippen molar-refractivity contribution in [3.8, 4) is 5.75 Å². The van der Waals surface area contributed by atoms with Gasteiger partial charge in [0.2, 0.25) is 6.29 Å². The minimum atomic E-state index is -1.65. The van der Waals surface area contributed by atoms with Gasteiger partial charge in [-0.1, -0.05) is 18.2 Å². The molecule has 0 bridgehead atoms. The van der Waals surface area contributed by atoms with E-state index in [0.717, 1.165) is 5.56 Å². The molecule has 0 aromatic heterocycles. The molecule has 12 nitrogen and oxygen atoms in total. The van der Waals surface area contributed by atoms with Crippen molar-refractivity contribution in [2.24, 2.45) is 11.8 Å². The number of phenolic OH excluding ortho intramolecular Hbond substituents is 1. The van der Waals surface area contributed by atoms with Crippen LogP contribution in [-0.2, 0) is 39.7 Å². The fraction of sp³-hybridized carbons (Fsp3) is 0.586. The summed E-state index contributed by atoms with van der Waals surface area (Å²) in [5, 5.41) is 49.7. The number of ether oxygens (including phenoxy) is 5. The van der Waals surface area contributed by atoms with E-state index in [-0.39, 0.29) is 42.5 Å². The molecule has 0 saturated carbocycles. The molecule has 3 aliphatic heterocycles. The Hall–Kier alpha value is -2.84. The Morgan fingerprint density at radius 2 is 1.76 bits per heavy atom. The van der Waals surface area contributed by atoms with Crippen molar-refractivity contribution >= 4 is 11.8 Å². The summed E-state index contributed by atoms with van der Waals surface area (Å²) in [5.74, 6) is -1.74. The third-order valence-corrected chi connectivity index (χ3v) is 7.82. The number of benzene rings is 1. The van der Waals surface area contributed by atoms with Crippen molar-refractivity contribution in [1.82, 2.24) is 0 Å². The molecule has 1 aromatic carbocycles. The Morgan fingerprint density at radius 3 is 2.41 bits per heavy atom. The van der Waals surface area contributed by atoms with Gasteiger partial charge in [0.1, 0.15) is 35.9 Å². The number of aliphatic hydroxyl groups excluding tert-OH is 4. The predicted octanol–water partition coefficient (Wildman–Crippen LogP) is 0.480. The monoisotopic (exact) mass is 578 g/mol. The standard InChI is InChI=1S/C29H38O12/c1-3-20-21(12-19-11-17(32)10-18(39-19)9-6-15-4-7-16(31)8-5-15)22(27(36)37-2)14-38-28(20)41-29-26(35)25(34)24(33)23(13-30)40-29/h3-5,7-8,14,18-21,23-26,28-31,33-35H,1,6,9-13H2,2H3. The highest BCUT2D eigenvalue weighted by molar-refractivity contribution is 5.89. The predicted molar refractivity (Wildman–Crippen MR) is 141 cm³/mol. The van der Waals surface area contributed by atoms with Crippen LogP contribution in [-0.4, -0.2) is 100 Å². The molecule has 41 heavy (non-hydrogen) atoms. The molecule has 3 heterocycles. The first-order chi connectivity index (χ1) is 19.6. The molecule has 12 heteroatoms. The van der Waals surface area contributed by atoms with E-state index in [1.807, 2.05) is 12.1 Å². The lowest BCUT2D eigenvalue weighted by Gasteiger charge is -2.43. The van der Waals surface area contributed by atoms with E-state index in [2.05, 4.69) is 6.58 Å². The van der Waals surface area contributed by atoms with Crippen LogP contribution in [0, 0.1) is 11.8 Å². The number of Topliss-reactive ketones (excluding diaryl/α,β-unsaturated/α-hetero) is 1. The lowest BCUT2D eigenvalue weighted by atomic mass is 9.78. The molecule has 10 atom stereocenters. The summed E-state index contributed by atoms with van der Waals surface area (Å²) in [6.07, 6.45) is -4.88. The smallest absolute Gasteiger partial charge is 0.337 e. The van der Waals surface area contributed by atoms with Gasteiger partial charge in [-0.15, -0.1) is 6.58 Å². The third-order valence-electron chi connectivity index (χ3n) is 7.82. The Kier molecular flexibility index (Phi) is 10.5. The van der Waals surface area contributed by atoms with Crippen molar-refractivity contribution < 1.29 is 58.8 Å². The SMILES string of the molecule is C=CC1C(OC2OC(CO)C(O)C(O)C2O)OC=C(C(=O)OC)C1CC1CC(=O)CC(CCc2ccc(O)cc2)O1. The lowest BCUT2D eigenvalue weighted by Crippen LogP contribution is -2.60. The number of carbonyl (C=O) groups excluding carboxylic acids is 2. The minimum Gasteiger partial charge on any atom is -0.508 e.